The van der Waals surface area contributed by atoms with Crippen molar-refractivity contribution in [2.45, 2.75) is 25.9 Å². The number of nitrogens with zero attached hydrogens (tertiary/aromatic N) is 3. The Kier molecular flexibility index (Phi) is 6.01. The maximum absolute atomic E-state index is 13.0. The Morgan fingerprint density at radius 3 is 2.67 bits per heavy atom. The van der Waals surface area contributed by atoms with Crippen LogP contribution in [0.5, 0.6) is 0 Å². The van der Waals surface area contributed by atoms with Crippen molar-refractivity contribution < 1.29 is 9.18 Å². The van der Waals surface area contributed by atoms with Gasteiger partial charge in [0, 0.05) is 31.4 Å². The number of hydrogen-bond acceptors (Lipinski definition) is 3. The molecule has 0 saturated carbocycles. The maximum Gasteiger partial charge on any atom is 0.275 e. The minimum Gasteiger partial charge on any atom is -0.332 e. The van der Waals surface area contributed by atoms with E-state index in [0.29, 0.717) is 22.4 Å². The summed E-state index contributed by atoms with van der Waals surface area (Å²) in [7, 11) is 0. The molecule has 1 aliphatic heterocycles. The van der Waals surface area contributed by atoms with Crippen molar-refractivity contribution in [3.05, 3.63) is 46.4 Å². The zero-order valence-electron chi connectivity index (χ0n) is 13.4. The number of benzene rings is 1. The fraction of sp³-hybridized carbons (Fsp3) is 0.375. The molecule has 3 rings (SSSR count). The highest BCUT2D eigenvalue weighted by Gasteiger charge is 2.31. The van der Waals surface area contributed by atoms with Crippen LogP contribution in [-0.4, -0.2) is 45.8 Å². The predicted molar refractivity (Wildman–Crippen MR) is 96.4 cm³/mol. The molecular weight excluding hydrogens is 399 g/mol. The molecule has 0 aliphatic carbocycles. The molecule has 1 aromatic heterocycles. The first-order chi connectivity index (χ1) is 11.0. The SMILES string of the molecule is CC1NCCN(C(=O)c2nn(-c3ccc(F)cc3)cc2Br)C1C.Cl. The Labute approximate surface area is 154 Å². The van der Waals surface area contributed by atoms with Gasteiger partial charge in [0.15, 0.2) is 5.69 Å². The van der Waals surface area contributed by atoms with Gasteiger partial charge in [0.1, 0.15) is 5.82 Å². The van der Waals surface area contributed by atoms with Crippen LogP contribution in [0.1, 0.15) is 24.3 Å². The molecule has 2 heterocycles. The molecule has 0 radical (unpaired) electrons. The van der Waals surface area contributed by atoms with Crippen molar-refractivity contribution in [3.8, 4) is 5.69 Å². The van der Waals surface area contributed by atoms with Crippen molar-refractivity contribution >= 4 is 34.2 Å². The summed E-state index contributed by atoms with van der Waals surface area (Å²) in [6.45, 7) is 5.52. The monoisotopic (exact) mass is 416 g/mol. The van der Waals surface area contributed by atoms with E-state index in [2.05, 4.69) is 33.3 Å². The first kappa shape index (κ1) is 18.9. The molecular formula is C16H19BrClFN4O. The van der Waals surface area contributed by atoms with E-state index in [1.54, 1.807) is 23.0 Å². The number of nitrogens with one attached hydrogen (secondary N) is 1. The van der Waals surface area contributed by atoms with Crippen molar-refractivity contribution in [2.24, 2.45) is 0 Å². The second-order valence-electron chi connectivity index (χ2n) is 5.73. The lowest BCUT2D eigenvalue weighted by atomic mass is 10.1. The molecule has 2 atom stereocenters. The lowest BCUT2D eigenvalue weighted by molar-refractivity contribution is 0.0595. The van der Waals surface area contributed by atoms with Crippen LogP contribution in [0.25, 0.3) is 5.69 Å². The third-order valence-electron chi connectivity index (χ3n) is 4.26. The molecule has 2 unspecified atom stereocenters. The van der Waals surface area contributed by atoms with Crippen molar-refractivity contribution in [1.82, 2.24) is 20.0 Å². The van der Waals surface area contributed by atoms with E-state index in [1.807, 2.05) is 11.8 Å². The highest BCUT2D eigenvalue weighted by Crippen LogP contribution is 2.22. The summed E-state index contributed by atoms with van der Waals surface area (Å²) in [5.74, 6) is -0.404. The Morgan fingerprint density at radius 1 is 1.33 bits per heavy atom. The van der Waals surface area contributed by atoms with E-state index >= 15 is 0 Å². The van der Waals surface area contributed by atoms with Gasteiger partial charge in [0.2, 0.25) is 0 Å². The number of amides is 1. The number of aromatic nitrogens is 2. The molecule has 24 heavy (non-hydrogen) atoms. The van der Waals surface area contributed by atoms with Gasteiger partial charge in [-0.15, -0.1) is 12.4 Å². The molecule has 0 spiro atoms. The van der Waals surface area contributed by atoms with Crippen LogP contribution < -0.4 is 5.32 Å². The third-order valence-corrected chi connectivity index (χ3v) is 4.84. The van der Waals surface area contributed by atoms with Gasteiger partial charge in [-0.2, -0.15) is 5.10 Å². The number of halogens is 3. The van der Waals surface area contributed by atoms with Gasteiger partial charge in [0.25, 0.3) is 5.91 Å². The lowest BCUT2D eigenvalue weighted by Crippen LogP contribution is -2.57. The van der Waals surface area contributed by atoms with Crippen LogP contribution in [0, 0.1) is 5.82 Å². The third kappa shape index (κ3) is 3.63. The molecule has 8 heteroatoms. The molecule has 1 aliphatic rings. The number of carbonyl (C=O) groups is 1. The molecule has 130 valence electrons. The topological polar surface area (TPSA) is 50.2 Å². The smallest absolute Gasteiger partial charge is 0.275 e. The predicted octanol–water partition coefficient (Wildman–Crippen LogP) is 3.02. The number of hydrogen-bond donors (Lipinski definition) is 1. The first-order valence-electron chi connectivity index (χ1n) is 7.53. The van der Waals surface area contributed by atoms with Gasteiger partial charge in [0.05, 0.1) is 10.2 Å². The van der Waals surface area contributed by atoms with Gasteiger partial charge >= 0.3 is 0 Å². The van der Waals surface area contributed by atoms with Crippen molar-refractivity contribution in [2.75, 3.05) is 13.1 Å². The summed E-state index contributed by atoms with van der Waals surface area (Å²) < 4.78 is 15.2. The largest absolute Gasteiger partial charge is 0.332 e. The van der Waals surface area contributed by atoms with Crippen molar-refractivity contribution in [1.29, 1.82) is 0 Å². The minimum absolute atomic E-state index is 0. The molecule has 1 saturated heterocycles. The Hall–Kier alpha value is -1.44. The average molecular weight is 418 g/mol. The molecule has 5 nitrogen and oxygen atoms in total. The van der Waals surface area contributed by atoms with Crippen LogP contribution in [-0.2, 0) is 0 Å². The zero-order chi connectivity index (χ0) is 16.6. The van der Waals surface area contributed by atoms with E-state index in [1.165, 1.54) is 12.1 Å². The van der Waals surface area contributed by atoms with E-state index in [0.717, 1.165) is 6.54 Å². The van der Waals surface area contributed by atoms with Crippen molar-refractivity contribution in [3.63, 3.8) is 0 Å². The summed E-state index contributed by atoms with van der Waals surface area (Å²) in [5.41, 5.74) is 1.07. The van der Waals surface area contributed by atoms with Crippen LogP contribution in [0.2, 0.25) is 0 Å². The summed E-state index contributed by atoms with van der Waals surface area (Å²) in [4.78, 5) is 14.6. The fourth-order valence-electron chi connectivity index (χ4n) is 2.70. The van der Waals surface area contributed by atoms with Gasteiger partial charge in [-0.1, -0.05) is 0 Å². The van der Waals surface area contributed by atoms with Crippen LogP contribution >= 0.6 is 28.3 Å². The van der Waals surface area contributed by atoms with Gasteiger partial charge in [-0.25, -0.2) is 9.07 Å². The summed E-state index contributed by atoms with van der Waals surface area (Å²) in [6, 6.07) is 6.32. The van der Waals surface area contributed by atoms with E-state index in [4.69, 9.17) is 0 Å². The van der Waals surface area contributed by atoms with E-state index < -0.39 is 0 Å². The second-order valence-corrected chi connectivity index (χ2v) is 6.58. The minimum atomic E-state index is -0.306. The summed E-state index contributed by atoms with van der Waals surface area (Å²) in [6.07, 6.45) is 1.72. The quantitative estimate of drug-likeness (QED) is 0.817. The Balaban J connectivity index is 0.00000208. The number of rotatable bonds is 2. The maximum atomic E-state index is 13.0. The summed E-state index contributed by atoms with van der Waals surface area (Å²) >= 11 is 3.41. The van der Waals surface area contributed by atoms with Crippen LogP contribution in [0.4, 0.5) is 4.39 Å². The standard InChI is InChI=1S/C16H18BrFN4O.ClH/c1-10-11(2)21(8-7-19-10)16(23)15-14(17)9-22(20-15)13-5-3-12(18)4-6-13;/h3-6,9-11,19H,7-8H2,1-2H3;1H. The van der Waals surface area contributed by atoms with Gasteiger partial charge in [-0.05, 0) is 54.0 Å². The van der Waals surface area contributed by atoms with Gasteiger partial charge < -0.3 is 10.2 Å². The molecule has 1 aromatic carbocycles. The first-order valence-corrected chi connectivity index (χ1v) is 8.32. The molecule has 2 aromatic rings. The number of carbonyl (C=O) groups excluding carboxylic acids is 1. The Bertz CT molecular complexity index is 721. The second kappa shape index (κ2) is 7.63. The highest BCUT2D eigenvalue weighted by atomic mass is 79.9. The molecule has 1 fully saturated rings. The normalized spacial score (nSPS) is 20.6. The molecule has 1 N–H and O–H groups in total. The average Bonchev–Trinajstić information content (AvgIpc) is 2.92. The van der Waals surface area contributed by atoms with E-state index in [9.17, 15) is 9.18 Å². The molecule has 0 bridgehead atoms. The van der Waals surface area contributed by atoms with Crippen LogP contribution in [0.3, 0.4) is 0 Å². The zero-order valence-corrected chi connectivity index (χ0v) is 15.8. The number of piperazine rings is 1. The van der Waals surface area contributed by atoms with E-state index in [-0.39, 0.29) is 36.2 Å². The molecule has 1 amide bonds. The highest BCUT2D eigenvalue weighted by molar-refractivity contribution is 9.10. The van der Waals surface area contributed by atoms with Gasteiger partial charge in [-0.3, -0.25) is 4.79 Å². The van der Waals surface area contributed by atoms with Crippen LogP contribution in [0.15, 0.2) is 34.9 Å². The fourth-order valence-corrected chi connectivity index (χ4v) is 3.15. The summed E-state index contributed by atoms with van der Waals surface area (Å²) in [5, 5.41) is 7.73. The lowest BCUT2D eigenvalue weighted by Gasteiger charge is -2.38. The Morgan fingerprint density at radius 2 is 2.00 bits per heavy atom.